The van der Waals surface area contributed by atoms with E-state index in [0.29, 0.717) is 13.0 Å². The van der Waals surface area contributed by atoms with Crippen molar-refractivity contribution in [2.75, 3.05) is 6.54 Å². The summed E-state index contributed by atoms with van der Waals surface area (Å²) in [6.07, 6.45) is 2.67. The Kier molecular flexibility index (Phi) is 5.71. The first-order chi connectivity index (χ1) is 5.18. The highest BCUT2D eigenvalue weighted by atomic mass is 16.3. The first-order valence-corrected chi connectivity index (χ1v) is 3.90. The van der Waals surface area contributed by atoms with Crippen LogP contribution in [0.3, 0.4) is 0 Å². The summed E-state index contributed by atoms with van der Waals surface area (Å²) in [5, 5.41) is 9.29. The Hall–Kier alpha value is -0.660. The van der Waals surface area contributed by atoms with Crippen molar-refractivity contribution in [2.45, 2.75) is 32.8 Å². The van der Waals surface area contributed by atoms with Gasteiger partial charge in [-0.2, -0.15) is 0 Å². The molecule has 0 amide bonds. The van der Waals surface area contributed by atoms with Crippen molar-refractivity contribution in [1.82, 2.24) is 0 Å². The topological polar surface area (TPSA) is 49.7 Å². The average Bonchev–Trinajstić information content (AvgIpc) is 1.97. The van der Waals surface area contributed by atoms with Crippen molar-refractivity contribution in [3.05, 3.63) is 0 Å². The lowest BCUT2D eigenvalue weighted by Crippen LogP contribution is -2.14. The number of hydrogen-bond donors (Lipinski definition) is 1. The van der Waals surface area contributed by atoms with Crippen LogP contribution in [0.4, 0.5) is 0 Å². The van der Waals surface area contributed by atoms with Gasteiger partial charge in [-0.25, -0.2) is 9.79 Å². The Morgan fingerprint density at radius 1 is 1.55 bits per heavy atom. The molecule has 0 rings (SSSR count). The molecule has 0 radical (unpaired) electrons. The lowest BCUT2D eigenvalue weighted by Gasteiger charge is -2.12. The summed E-state index contributed by atoms with van der Waals surface area (Å²) < 4.78 is 0. The van der Waals surface area contributed by atoms with Crippen LogP contribution in [0.1, 0.15) is 26.7 Å². The number of aliphatic hydroxyl groups is 1. The molecule has 0 aliphatic heterocycles. The van der Waals surface area contributed by atoms with E-state index in [0.717, 1.165) is 6.42 Å². The van der Waals surface area contributed by atoms with Crippen LogP contribution < -0.4 is 0 Å². The van der Waals surface area contributed by atoms with E-state index in [1.54, 1.807) is 0 Å². The second-order valence-electron chi connectivity index (χ2n) is 2.93. The van der Waals surface area contributed by atoms with E-state index in [9.17, 15) is 9.90 Å². The zero-order valence-corrected chi connectivity index (χ0v) is 7.08. The van der Waals surface area contributed by atoms with Gasteiger partial charge in [0.2, 0.25) is 6.08 Å². The summed E-state index contributed by atoms with van der Waals surface area (Å²) >= 11 is 0. The summed E-state index contributed by atoms with van der Waals surface area (Å²) in [7, 11) is 0. The molecule has 11 heavy (non-hydrogen) atoms. The van der Waals surface area contributed by atoms with Crippen molar-refractivity contribution in [3.63, 3.8) is 0 Å². The van der Waals surface area contributed by atoms with Crippen molar-refractivity contribution < 1.29 is 9.90 Å². The molecular formula is C8H15NO2. The van der Waals surface area contributed by atoms with Gasteiger partial charge in [0, 0.05) is 0 Å². The maximum atomic E-state index is 9.63. The highest BCUT2D eigenvalue weighted by Gasteiger charge is 2.07. The van der Waals surface area contributed by atoms with Gasteiger partial charge in [-0.15, -0.1) is 0 Å². The summed E-state index contributed by atoms with van der Waals surface area (Å²) in [6, 6.07) is 0. The SMILES string of the molecule is CC(C)C(O)CCCN=C=O. The molecule has 0 fully saturated rings. The smallest absolute Gasteiger partial charge is 0.234 e. The van der Waals surface area contributed by atoms with Gasteiger partial charge in [0.15, 0.2) is 0 Å². The third kappa shape index (κ3) is 5.77. The molecule has 0 aromatic carbocycles. The van der Waals surface area contributed by atoms with Crippen LogP contribution in [-0.2, 0) is 4.79 Å². The largest absolute Gasteiger partial charge is 0.393 e. The third-order valence-electron chi connectivity index (χ3n) is 1.60. The van der Waals surface area contributed by atoms with Crippen LogP contribution >= 0.6 is 0 Å². The molecule has 0 aromatic rings. The van der Waals surface area contributed by atoms with Gasteiger partial charge in [-0.05, 0) is 18.8 Å². The van der Waals surface area contributed by atoms with E-state index in [2.05, 4.69) is 4.99 Å². The molecule has 64 valence electrons. The Morgan fingerprint density at radius 2 is 2.18 bits per heavy atom. The predicted molar refractivity (Wildman–Crippen MR) is 43.1 cm³/mol. The lowest BCUT2D eigenvalue weighted by atomic mass is 10.0. The molecule has 3 nitrogen and oxygen atoms in total. The Labute approximate surface area is 67.1 Å². The zero-order valence-electron chi connectivity index (χ0n) is 7.08. The molecule has 1 atom stereocenters. The molecule has 0 heterocycles. The first-order valence-electron chi connectivity index (χ1n) is 3.90. The van der Waals surface area contributed by atoms with Gasteiger partial charge in [-0.1, -0.05) is 13.8 Å². The van der Waals surface area contributed by atoms with Crippen LogP contribution in [0.5, 0.6) is 0 Å². The number of nitrogens with zero attached hydrogens (tertiary/aromatic N) is 1. The van der Waals surface area contributed by atoms with E-state index in [4.69, 9.17) is 0 Å². The van der Waals surface area contributed by atoms with E-state index >= 15 is 0 Å². The van der Waals surface area contributed by atoms with Gasteiger partial charge in [-0.3, -0.25) is 0 Å². The van der Waals surface area contributed by atoms with Crippen molar-refractivity contribution in [2.24, 2.45) is 10.9 Å². The second kappa shape index (κ2) is 6.08. The van der Waals surface area contributed by atoms with E-state index in [1.165, 1.54) is 6.08 Å². The van der Waals surface area contributed by atoms with Crippen molar-refractivity contribution in [3.8, 4) is 0 Å². The van der Waals surface area contributed by atoms with Gasteiger partial charge in [0.25, 0.3) is 0 Å². The Balaban J connectivity index is 3.31. The predicted octanol–water partition coefficient (Wildman–Crippen LogP) is 1.12. The van der Waals surface area contributed by atoms with Gasteiger partial charge in [0.1, 0.15) is 0 Å². The highest BCUT2D eigenvalue weighted by molar-refractivity contribution is 5.32. The molecule has 3 heteroatoms. The molecule has 0 spiro atoms. The molecule has 0 saturated heterocycles. The van der Waals surface area contributed by atoms with Crippen LogP contribution in [-0.4, -0.2) is 23.8 Å². The molecule has 0 aromatic heterocycles. The minimum Gasteiger partial charge on any atom is -0.393 e. The summed E-state index contributed by atoms with van der Waals surface area (Å²) in [5.41, 5.74) is 0. The molecular weight excluding hydrogens is 142 g/mol. The number of hydrogen-bond acceptors (Lipinski definition) is 3. The van der Waals surface area contributed by atoms with E-state index < -0.39 is 0 Å². The maximum Gasteiger partial charge on any atom is 0.234 e. The normalized spacial score (nSPS) is 12.7. The minimum absolute atomic E-state index is 0.267. The second-order valence-corrected chi connectivity index (χ2v) is 2.93. The van der Waals surface area contributed by atoms with Crippen LogP contribution in [0.15, 0.2) is 4.99 Å². The monoisotopic (exact) mass is 157 g/mol. The van der Waals surface area contributed by atoms with Gasteiger partial charge >= 0.3 is 0 Å². The van der Waals surface area contributed by atoms with E-state index in [1.807, 2.05) is 13.8 Å². The van der Waals surface area contributed by atoms with Crippen LogP contribution in [0, 0.1) is 5.92 Å². The molecule has 0 saturated carbocycles. The fourth-order valence-corrected chi connectivity index (χ4v) is 0.758. The van der Waals surface area contributed by atoms with Crippen molar-refractivity contribution in [1.29, 1.82) is 0 Å². The van der Waals surface area contributed by atoms with E-state index in [-0.39, 0.29) is 12.0 Å². The average molecular weight is 157 g/mol. The summed E-state index contributed by atoms with van der Waals surface area (Å²) in [4.78, 5) is 13.0. The van der Waals surface area contributed by atoms with Crippen molar-refractivity contribution >= 4 is 6.08 Å². The number of carbonyl (C=O) groups excluding carboxylic acids is 1. The molecule has 1 N–H and O–H groups in total. The number of aliphatic imine (C=N–C) groups is 1. The Morgan fingerprint density at radius 3 is 2.64 bits per heavy atom. The Bertz CT molecular complexity index is 139. The fraction of sp³-hybridized carbons (Fsp3) is 0.875. The third-order valence-corrected chi connectivity index (χ3v) is 1.60. The quantitative estimate of drug-likeness (QED) is 0.369. The number of isocyanates is 1. The number of aliphatic hydroxyl groups excluding tert-OH is 1. The highest BCUT2D eigenvalue weighted by Crippen LogP contribution is 2.07. The molecule has 0 aliphatic rings. The lowest BCUT2D eigenvalue weighted by molar-refractivity contribution is 0.114. The first kappa shape index (κ1) is 10.3. The summed E-state index contributed by atoms with van der Waals surface area (Å²) in [6.45, 7) is 4.41. The van der Waals surface area contributed by atoms with Crippen LogP contribution in [0.25, 0.3) is 0 Å². The fourth-order valence-electron chi connectivity index (χ4n) is 0.758. The van der Waals surface area contributed by atoms with Gasteiger partial charge < -0.3 is 5.11 Å². The van der Waals surface area contributed by atoms with Crippen LogP contribution in [0.2, 0.25) is 0 Å². The standard InChI is InChI=1S/C8H15NO2/c1-7(2)8(11)4-3-5-9-6-10/h7-8,11H,3-5H2,1-2H3. The number of rotatable bonds is 5. The molecule has 1 unspecified atom stereocenters. The van der Waals surface area contributed by atoms with Gasteiger partial charge in [0.05, 0.1) is 12.6 Å². The minimum atomic E-state index is -0.267. The molecule has 0 aliphatic carbocycles. The zero-order chi connectivity index (χ0) is 8.69. The molecule has 0 bridgehead atoms. The summed E-state index contributed by atoms with van der Waals surface area (Å²) in [5.74, 6) is 0.287. The maximum absolute atomic E-state index is 9.63.